The maximum atomic E-state index is 5.58. The zero-order valence-electron chi connectivity index (χ0n) is 10.6. The van der Waals surface area contributed by atoms with E-state index in [2.05, 4.69) is 25.2 Å². The molecule has 1 aromatic rings. The number of nitrogens with one attached hydrogen (secondary N) is 1. The van der Waals surface area contributed by atoms with Gasteiger partial charge in [-0.25, -0.2) is 0 Å². The van der Waals surface area contributed by atoms with Gasteiger partial charge in [0.05, 0.1) is 7.11 Å². The molecule has 3 N–H and O–H groups in total. The first kappa shape index (κ1) is 12.8. The van der Waals surface area contributed by atoms with E-state index in [4.69, 9.17) is 10.5 Å². The minimum absolute atomic E-state index is 0.0236. The monoisotopic (exact) mass is 222 g/mol. The Labute approximate surface area is 98.0 Å². The van der Waals surface area contributed by atoms with Crippen LogP contribution in [0.5, 0.6) is 5.75 Å². The Morgan fingerprint density at radius 3 is 2.56 bits per heavy atom. The smallest absolute Gasteiger partial charge is 0.121 e. The summed E-state index contributed by atoms with van der Waals surface area (Å²) in [6, 6.07) is 6.11. The first-order valence-corrected chi connectivity index (χ1v) is 5.61. The first-order valence-electron chi connectivity index (χ1n) is 5.61. The van der Waals surface area contributed by atoms with Crippen LogP contribution in [0.1, 0.15) is 25.8 Å². The summed E-state index contributed by atoms with van der Waals surface area (Å²) < 4.78 is 5.23. The van der Waals surface area contributed by atoms with Crippen LogP contribution in [0.4, 0.5) is 5.69 Å². The van der Waals surface area contributed by atoms with Gasteiger partial charge in [-0.3, -0.25) is 0 Å². The van der Waals surface area contributed by atoms with Crippen molar-refractivity contribution < 1.29 is 4.74 Å². The molecule has 0 fully saturated rings. The molecule has 0 spiro atoms. The minimum Gasteiger partial charge on any atom is -0.496 e. The molecular weight excluding hydrogens is 200 g/mol. The largest absolute Gasteiger partial charge is 0.496 e. The summed E-state index contributed by atoms with van der Waals surface area (Å²) >= 11 is 0. The molecule has 1 aromatic carbocycles. The number of hydrogen-bond donors (Lipinski definition) is 2. The Balaban J connectivity index is 2.78. The van der Waals surface area contributed by atoms with Crippen molar-refractivity contribution in [2.24, 2.45) is 5.73 Å². The molecule has 0 heterocycles. The lowest BCUT2D eigenvalue weighted by Crippen LogP contribution is -2.33. The van der Waals surface area contributed by atoms with Crippen LogP contribution in [0.3, 0.4) is 0 Å². The van der Waals surface area contributed by atoms with E-state index in [0.29, 0.717) is 6.54 Å². The van der Waals surface area contributed by atoms with Gasteiger partial charge in [0.2, 0.25) is 0 Å². The van der Waals surface area contributed by atoms with Crippen LogP contribution in [0.25, 0.3) is 0 Å². The number of hydrogen-bond acceptors (Lipinski definition) is 3. The Morgan fingerprint density at radius 1 is 1.38 bits per heavy atom. The Hall–Kier alpha value is -1.22. The van der Waals surface area contributed by atoms with Gasteiger partial charge in [0.25, 0.3) is 0 Å². The van der Waals surface area contributed by atoms with Crippen LogP contribution in [0, 0.1) is 6.92 Å². The maximum Gasteiger partial charge on any atom is 0.121 e. The van der Waals surface area contributed by atoms with E-state index in [1.165, 1.54) is 0 Å². The van der Waals surface area contributed by atoms with Gasteiger partial charge in [-0.2, -0.15) is 0 Å². The second-order valence-electron chi connectivity index (χ2n) is 4.73. The molecule has 0 amide bonds. The second-order valence-corrected chi connectivity index (χ2v) is 4.73. The number of rotatable bonds is 5. The molecule has 3 heteroatoms. The van der Waals surface area contributed by atoms with Gasteiger partial charge in [0.1, 0.15) is 5.75 Å². The average molecular weight is 222 g/mol. The van der Waals surface area contributed by atoms with Crippen LogP contribution in [-0.4, -0.2) is 19.2 Å². The molecule has 0 bridgehead atoms. The highest BCUT2D eigenvalue weighted by Crippen LogP contribution is 2.24. The van der Waals surface area contributed by atoms with Gasteiger partial charge >= 0.3 is 0 Å². The van der Waals surface area contributed by atoms with E-state index in [1.807, 2.05) is 19.1 Å². The number of methoxy groups -OCH3 is 1. The number of nitrogens with two attached hydrogens (primary N) is 1. The van der Waals surface area contributed by atoms with Gasteiger partial charge in [-0.1, -0.05) is 0 Å². The highest BCUT2D eigenvalue weighted by molar-refractivity contribution is 5.52. The fourth-order valence-corrected chi connectivity index (χ4v) is 1.77. The van der Waals surface area contributed by atoms with Gasteiger partial charge in [-0.15, -0.1) is 0 Å². The van der Waals surface area contributed by atoms with Gasteiger partial charge in [0, 0.05) is 11.2 Å². The Bertz CT molecular complexity index is 348. The van der Waals surface area contributed by atoms with Gasteiger partial charge < -0.3 is 15.8 Å². The summed E-state index contributed by atoms with van der Waals surface area (Å²) in [5.74, 6) is 0.919. The highest BCUT2D eigenvalue weighted by Gasteiger charge is 2.16. The molecule has 0 aliphatic heterocycles. The molecular formula is C13H22N2O. The van der Waals surface area contributed by atoms with Crippen LogP contribution in [0.2, 0.25) is 0 Å². The van der Waals surface area contributed by atoms with Crippen molar-refractivity contribution in [3.63, 3.8) is 0 Å². The van der Waals surface area contributed by atoms with Crippen molar-refractivity contribution in [3.8, 4) is 5.75 Å². The number of benzene rings is 1. The third-order valence-electron chi connectivity index (χ3n) is 2.65. The molecule has 0 radical (unpaired) electrons. The third-order valence-corrected chi connectivity index (χ3v) is 2.65. The molecule has 0 aliphatic carbocycles. The summed E-state index contributed by atoms with van der Waals surface area (Å²) in [4.78, 5) is 0. The fraction of sp³-hybridized carbons (Fsp3) is 0.538. The minimum atomic E-state index is 0.0236. The van der Waals surface area contributed by atoms with Crippen LogP contribution >= 0.6 is 0 Å². The van der Waals surface area contributed by atoms with E-state index in [-0.39, 0.29) is 5.54 Å². The summed E-state index contributed by atoms with van der Waals surface area (Å²) in [6.07, 6.45) is 0.943. The normalized spacial score (nSPS) is 11.3. The molecule has 0 saturated carbocycles. The highest BCUT2D eigenvalue weighted by atomic mass is 16.5. The van der Waals surface area contributed by atoms with Crippen LogP contribution in [-0.2, 0) is 0 Å². The molecule has 0 aliphatic rings. The van der Waals surface area contributed by atoms with Crippen molar-refractivity contribution >= 4 is 5.69 Å². The van der Waals surface area contributed by atoms with E-state index in [1.54, 1.807) is 7.11 Å². The lowest BCUT2D eigenvalue weighted by molar-refractivity contribution is 0.411. The van der Waals surface area contributed by atoms with Crippen molar-refractivity contribution in [2.75, 3.05) is 19.0 Å². The third kappa shape index (κ3) is 3.42. The quantitative estimate of drug-likeness (QED) is 0.805. The van der Waals surface area contributed by atoms with E-state index >= 15 is 0 Å². The molecule has 1 rings (SSSR count). The molecule has 0 saturated heterocycles. The predicted octanol–water partition coefficient (Wildman–Crippen LogP) is 2.54. The maximum absolute atomic E-state index is 5.58. The topological polar surface area (TPSA) is 47.3 Å². The number of ether oxygens (including phenoxy) is 1. The molecule has 3 nitrogen and oxygen atoms in total. The zero-order chi connectivity index (χ0) is 12.2. The van der Waals surface area contributed by atoms with Gasteiger partial charge in [-0.05, 0) is 57.5 Å². The second kappa shape index (κ2) is 5.21. The molecule has 0 aromatic heterocycles. The standard InChI is InChI=1S/C13H22N2O/c1-10-9-11(5-6-12(10)16-4)15-13(2,3)7-8-14/h5-6,9,15H,7-8,14H2,1-4H3. The molecule has 0 unspecified atom stereocenters. The average Bonchev–Trinajstić information content (AvgIpc) is 2.17. The first-order chi connectivity index (χ1) is 7.48. The predicted molar refractivity (Wildman–Crippen MR) is 69.1 cm³/mol. The summed E-state index contributed by atoms with van der Waals surface area (Å²) in [5, 5.41) is 3.48. The summed E-state index contributed by atoms with van der Waals surface area (Å²) in [5.41, 5.74) is 7.85. The SMILES string of the molecule is COc1ccc(NC(C)(C)CCN)cc1C. The van der Waals surface area contributed by atoms with Crippen molar-refractivity contribution in [1.82, 2.24) is 0 Å². The van der Waals surface area contributed by atoms with Crippen molar-refractivity contribution in [1.29, 1.82) is 0 Å². The van der Waals surface area contributed by atoms with E-state index in [0.717, 1.165) is 23.4 Å². The van der Waals surface area contributed by atoms with Gasteiger partial charge in [0.15, 0.2) is 0 Å². The Kier molecular flexibility index (Phi) is 4.19. The van der Waals surface area contributed by atoms with Crippen molar-refractivity contribution in [3.05, 3.63) is 23.8 Å². The molecule has 16 heavy (non-hydrogen) atoms. The Morgan fingerprint density at radius 2 is 2.06 bits per heavy atom. The zero-order valence-corrected chi connectivity index (χ0v) is 10.6. The molecule has 0 atom stereocenters. The fourth-order valence-electron chi connectivity index (χ4n) is 1.77. The lowest BCUT2D eigenvalue weighted by Gasteiger charge is -2.27. The van der Waals surface area contributed by atoms with E-state index in [9.17, 15) is 0 Å². The lowest BCUT2D eigenvalue weighted by atomic mass is 10.00. The van der Waals surface area contributed by atoms with E-state index < -0.39 is 0 Å². The summed E-state index contributed by atoms with van der Waals surface area (Å²) in [6.45, 7) is 7.04. The number of aryl methyl sites for hydroxylation is 1. The van der Waals surface area contributed by atoms with Crippen LogP contribution < -0.4 is 15.8 Å². The summed E-state index contributed by atoms with van der Waals surface area (Å²) in [7, 11) is 1.69. The van der Waals surface area contributed by atoms with Crippen LogP contribution in [0.15, 0.2) is 18.2 Å². The number of anilines is 1. The molecule has 90 valence electrons. The van der Waals surface area contributed by atoms with Crippen molar-refractivity contribution in [2.45, 2.75) is 32.7 Å².